The third kappa shape index (κ3) is 4.81. The van der Waals surface area contributed by atoms with Crippen molar-refractivity contribution in [1.82, 2.24) is 5.32 Å². The van der Waals surface area contributed by atoms with Gasteiger partial charge in [0, 0.05) is 16.6 Å². The molecule has 0 heterocycles. The molecule has 1 amide bonds. The first-order chi connectivity index (χ1) is 10.1. The number of halogens is 3. The van der Waals surface area contributed by atoms with Crippen LogP contribution in [0.15, 0.2) is 42.5 Å². The Kier molecular flexibility index (Phi) is 5.74. The zero-order chi connectivity index (χ0) is 15.2. The summed E-state index contributed by atoms with van der Waals surface area (Å²) in [5, 5.41) is 4.24. The number of benzene rings is 2. The second-order valence-electron chi connectivity index (χ2n) is 4.23. The van der Waals surface area contributed by atoms with E-state index in [1.165, 1.54) is 0 Å². The van der Waals surface area contributed by atoms with Crippen LogP contribution >= 0.6 is 34.8 Å². The van der Waals surface area contributed by atoms with Gasteiger partial charge in [-0.3, -0.25) is 4.79 Å². The van der Waals surface area contributed by atoms with E-state index >= 15 is 0 Å². The molecule has 2 rings (SSSR count). The summed E-state index contributed by atoms with van der Waals surface area (Å²) < 4.78 is 5.34. The molecule has 1 N–H and O–H groups in total. The van der Waals surface area contributed by atoms with Crippen LogP contribution in [0, 0.1) is 0 Å². The van der Waals surface area contributed by atoms with Crippen LogP contribution < -0.4 is 10.1 Å². The maximum atomic E-state index is 11.7. The maximum Gasteiger partial charge on any atom is 0.258 e. The molecule has 2 aromatic rings. The number of rotatable bonds is 5. The summed E-state index contributed by atoms with van der Waals surface area (Å²) in [5.41, 5.74) is 0.784. The fraction of sp³-hybridized carbons (Fsp3) is 0.133. The van der Waals surface area contributed by atoms with E-state index in [1.54, 1.807) is 42.5 Å². The van der Waals surface area contributed by atoms with Gasteiger partial charge in [0.25, 0.3) is 5.91 Å². The van der Waals surface area contributed by atoms with Gasteiger partial charge in [0.2, 0.25) is 0 Å². The number of carbonyl (C=O) groups is 1. The Morgan fingerprint density at radius 1 is 1.05 bits per heavy atom. The van der Waals surface area contributed by atoms with E-state index < -0.39 is 0 Å². The minimum atomic E-state index is -0.263. The van der Waals surface area contributed by atoms with Crippen molar-refractivity contribution < 1.29 is 9.53 Å². The highest BCUT2D eigenvalue weighted by Crippen LogP contribution is 2.23. The van der Waals surface area contributed by atoms with Gasteiger partial charge in [-0.15, -0.1) is 0 Å². The maximum absolute atomic E-state index is 11.7. The predicted octanol–water partition coefficient (Wildman–Crippen LogP) is 4.34. The van der Waals surface area contributed by atoms with E-state index in [2.05, 4.69) is 5.32 Å². The molecule has 6 heteroatoms. The summed E-state index contributed by atoms with van der Waals surface area (Å²) >= 11 is 17.8. The predicted molar refractivity (Wildman–Crippen MR) is 85.3 cm³/mol. The molecule has 0 saturated heterocycles. The van der Waals surface area contributed by atoms with Crippen LogP contribution in [0.5, 0.6) is 5.75 Å². The largest absolute Gasteiger partial charge is 0.482 e. The smallest absolute Gasteiger partial charge is 0.258 e. The molecule has 21 heavy (non-hydrogen) atoms. The Bertz CT molecular complexity index is 647. The third-order valence-corrected chi connectivity index (χ3v) is 3.59. The molecule has 0 aliphatic carbocycles. The summed E-state index contributed by atoms with van der Waals surface area (Å²) in [6.45, 7) is 0.190. The van der Waals surface area contributed by atoms with Gasteiger partial charge < -0.3 is 10.1 Å². The lowest BCUT2D eigenvalue weighted by Gasteiger charge is -2.09. The van der Waals surface area contributed by atoms with Gasteiger partial charge in [-0.2, -0.15) is 0 Å². The highest BCUT2D eigenvalue weighted by Gasteiger charge is 2.07. The molecule has 0 aliphatic rings. The number of nitrogens with one attached hydrogen (secondary N) is 1. The number of carbonyl (C=O) groups excluding carboxylic acids is 1. The van der Waals surface area contributed by atoms with Gasteiger partial charge >= 0.3 is 0 Å². The molecular formula is C15H12Cl3NO2. The van der Waals surface area contributed by atoms with E-state index in [9.17, 15) is 4.79 Å². The fourth-order valence-corrected chi connectivity index (χ4v) is 2.28. The SMILES string of the molecule is O=C(COc1ccccc1Cl)NCc1ccc(Cl)cc1Cl. The topological polar surface area (TPSA) is 38.3 Å². The number of para-hydroxylation sites is 1. The van der Waals surface area contributed by atoms with E-state index in [0.29, 0.717) is 27.4 Å². The average Bonchev–Trinajstić information content (AvgIpc) is 2.45. The summed E-state index contributed by atoms with van der Waals surface area (Å²) in [4.78, 5) is 11.7. The molecule has 0 atom stereocenters. The minimum absolute atomic E-state index is 0.116. The van der Waals surface area contributed by atoms with Gasteiger partial charge in [0.1, 0.15) is 5.75 Å². The highest BCUT2D eigenvalue weighted by molar-refractivity contribution is 6.35. The molecule has 0 aliphatic heterocycles. The lowest BCUT2D eigenvalue weighted by atomic mass is 10.2. The van der Waals surface area contributed by atoms with Crippen LogP contribution in [0.3, 0.4) is 0 Å². The van der Waals surface area contributed by atoms with Gasteiger partial charge in [-0.1, -0.05) is 53.0 Å². The van der Waals surface area contributed by atoms with Crippen molar-refractivity contribution in [3.8, 4) is 5.75 Å². The first kappa shape index (κ1) is 16.0. The Labute approximate surface area is 137 Å². The van der Waals surface area contributed by atoms with E-state index in [4.69, 9.17) is 39.5 Å². The molecule has 2 aromatic carbocycles. The monoisotopic (exact) mass is 343 g/mol. The van der Waals surface area contributed by atoms with Gasteiger partial charge in [0.15, 0.2) is 6.61 Å². The molecule has 0 radical (unpaired) electrons. The lowest BCUT2D eigenvalue weighted by Crippen LogP contribution is -2.28. The Morgan fingerprint density at radius 2 is 1.81 bits per heavy atom. The average molecular weight is 345 g/mol. The quantitative estimate of drug-likeness (QED) is 0.876. The molecule has 0 saturated carbocycles. The van der Waals surface area contributed by atoms with Gasteiger partial charge in [0.05, 0.1) is 5.02 Å². The Morgan fingerprint density at radius 3 is 2.52 bits per heavy atom. The van der Waals surface area contributed by atoms with Crippen molar-refractivity contribution in [2.75, 3.05) is 6.61 Å². The van der Waals surface area contributed by atoms with Crippen LogP contribution in [0.25, 0.3) is 0 Å². The normalized spacial score (nSPS) is 10.2. The standard InChI is InChI=1S/C15H12Cl3NO2/c16-11-6-5-10(13(18)7-11)8-19-15(20)9-21-14-4-2-1-3-12(14)17/h1-7H,8-9H2,(H,19,20). The van der Waals surface area contributed by atoms with Gasteiger partial charge in [-0.05, 0) is 29.8 Å². The zero-order valence-electron chi connectivity index (χ0n) is 10.9. The third-order valence-electron chi connectivity index (χ3n) is 2.69. The van der Waals surface area contributed by atoms with Crippen LogP contribution in [0.4, 0.5) is 0 Å². The molecule has 0 bridgehead atoms. The van der Waals surface area contributed by atoms with Crippen LogP contribution in [-0.2, 0) is 11.3 Å². The highest BCUT2D eigenvalue weighted by atomic mass is 35.5. The summed E-state index contributed by atoms with van der Waals surface area (Å²) in [6.07, 6.45) is 0. The molecule has 3 nitrogen and oxygen atoms in total. The molecule has 0 aromatic heterocycles. The number of hydrogen-bond donors (Lipinski definition) is 1. The molecule has 0 unspecified atom stereocenters. The minimum Gasteiger partial charge on any atom is -0.482 e. The summed E-state index contributed by atoms with van der Waals surface area (Å²) in [5.74, 6) is 0.208. The fourth-order valence-electron chi connectivity index (χ4n) is 1.61. The van der Waals surface area contributed by atoms with Crippen LogP contribution in [0.1, 0.15) is 5.56 Å². The van der Waals surface area contributed by atoms with E-state index in [1.807, 2.05) is 0 Å². The second kappa shape index (κ2) is 7.55. The van der Waals surface area contributed by atoms with Gasteiger partial charge in [-0.25, -0.2) is 0 Å². The van der Waals surface area contributed by atoms with E-state index in [-0.39, 0.29) is 12.5 Å². The first-order valence-electron chi connectivity index (χ1n) is 6.14. The van der Waals surface area contributed by atoms with Crippen molar-refractivity contribution in [3.63, 3.8) is 0 Å². The number of amides is 1. The molecule has 0 spiro atoms. The first-order valence-corrected chi connectivity index (χ1v) is 7.27. The van der Waals surface area contributed by atoms with Crippen LogP contribution in [0.2, 0.25) is 15.1 Å². The lowest BCUT2D eigenvalue weighted by molar-refractivity contribution is -0.123. The van der Waals surface area contributed by atoms with Crippen molar-refractivity contribution in [3.05, 3.63) is 63.1 Å². The number of ether oxygens (including phenoxy) is 1. The molecular weight excluding hydrogens is 333 g/mol. The van der Waals surface area contributed by atoms with Crippen molar-refractivity contribution >= 4 is 40.7 Å². The van der Waals surface area contributed by atoms with Crippen molar-refractivity contribution in [1.29, 1.82) is 0 Å². The molecule has 110 valence electrons. The van der Waals surface area contributed by atoms with E-state index in [0.717, 1.165) is 5.56 Å². The molecule has 0 fully saturated rings. The van der Waals surface area contributed by atoms with Crippen molar-refractivity contribution in [2.45, 2.75) is 6.54 Å². The second-order valence-corrected chi connectivity index (χ2v) is 5.48. The summed E-state index contributed by atoms with van der Waals surface area (Å²) in [7, 11) is 0. The zero-order valence-corrected chi connectivity index (χ0v) is 13.2. The van der Waals surface area contributed by atoms with Crippen molar-refractivity contribution in [2.24, 2.45) is 0 Å². The van der Waals surface area contributed by atoms with Crippen LogP contribution in [-0.4, -0.2) is 12.5 Å². The Balaban J connectivity index is 1.84. The number of hydrogen-bond acceptors (Lipinski definition) is 2. The Hall–Kier alpha value is -1.42. The summed E-state index contributed by atoms with van der Waals surface area (Å²) in [6, 6.07) is 12.1.